The Bertz CT molecular complexity index is 805. The normalized spacial score (nSPS) is 15.0. The summed E-state index contributed by atoms with van der Waals surface area (Å²) in [6.07, 6.45) is 19.4. The van der Waals surface area contributed by atoms with Crippen molar-refractivity contribution in [2.45, 2.75) is 65.4 Å². The van der Waals surface area contributed by atoms with Crippen molar-refractivity contribution in [2.75, 3.05) is 0 Å². The molecule has 0 aliphatic heterocycles. The van der Waals surface area contributed by atoms with Gasteiger partial charge >= 0.3 is 12.1 Å². The number of amides is 1. The van der Waals surface area contributed by atoms with Gasteiger partial charge in [-0.05, 0) is 50.7 Å². The number of rotatable bonds is 16. The second kappa shape index (κ2) is 18.7. The van der Waals surface area contributed by atoms with Crippen molar-refractivity contribution in [3.05, 3.63) is 71.4 Å². The van der Waals surface area contributed by atoms with Crippen LogP contribution in [-0.4, -0.2) is 29.1 Å². The van der Waals surface area contributed by atoms with Crippen molar-refractivity contribution in [1.29, 1.82) is 0 Å². The summed E-state index contributed by atoms with van der Waals surface area (Å²) in [6.45, 7) is 5.86. The summed E-state index contributed by atoms with van der Waals surface area (Å²) < 4.78 is 5.04. The smallest absolute Gasteiger partial charge is 0.405 e. The minimum Gasteiger partial charge on any atom is -0.478 e. The van der Waals surface area contributed by atoms with Gasteiger partial charge < -0.3 is 15.6 Å². The van der Waals surface area contributed by atoms with Crippen molar-refractivity contribution < 1.29 is 24.2 Å². The zero-order chi connectivity index (χ0) is 25.1. The molecule has 7 heteroatoms. The first-order chi connectivity index (χ1) is 15.6. The first-order valence-corrected chi connectivity index (χ1v) is 11.5. The number of allylic oxidation sites excluding steroid dienone is 10. The largest absolute Gasteiger partial charge is 0.478 e. The van der Waals surface area contributed by atoms with E-state index in [2.05, 4.69) is 0 Å². The van der Waals surface area contributed by atoms with Gasteiger partial charge in [-0.15, -0.1) is 0 Å². The van der Waals surface area contributed by atoms with Crippen LogP contribution in [0.4, 0.5) is 4.79 Å². The highest BCUT2D eigenvalue weighted by Gasteiger charge is 2.12. The van der Waals surface area contributed by atoms with Crippen molar-refractivity contribution >= 4 is 29.4 Å². The third-order valence-electron chi connectivity index (χ3n) is 4.56. The number of Topliss-reactive ketones (excluding diaryl/α,β-unsaturated/α-hetero) is 1. The average molecular weight is 478 g/mol. The van der Waals surface area contributed by atoms with Crippen molar-refractivity contribution in [3.8, 4) is 0 Å². The van der Waals surface area contributed by atoms with Crippen molar-refractivity contribution in [2.24, 2.45) is 11.7 Å². The molecule has 33 heavy (non-hydrogen) atoms. The molecule has 0 spiro atoms. The van der Waals surface area contributed by atoms with E-state index < -0.39 is 18.2 Å². The molecule has 1 amide bonds. The third kappa shape index (κ3) is 18.4. The van der Waals surface area contributed by atoms with Crippen LogP contribution in [0, 0.1) is 5.92 Å². The number of hydrogen-bond donors (Lipinski definition) is 2. The fourth-order valence-electron chi connectivity index (χ4n) is 2.69. The Labute approximate surface area is 202 Å². The number of hydrogen-bond acceptors (Lipinski definition) is 4. The molecule has 0 bridgehead atoms. The quantitative estimate of drug-likeness (QED) is 0.152. The summed E-state index contributed by atoms with van der Waals surface area (Å²) >= 11 is 6.34. The highest BCUT2D eigenvalue weighted by Crippen LogP contribution is 2.21. The second-order valence-corrected chi connectivity index (χ2v) is 8.02. The molecule has 0 fully saturated rings. The van der Waals surface area contributed by atoms with Gasteiger partial charge in [0, 0.05) is 23.9 Å². The summed E-state index contributed by atoms with van der Waals surface area (Å²) in [6, 6.07) is 0. The minimum atomic E-state index is -0.986. The first-order valence-electron chi connectivity index (χ1n) is 11.1. The Kier molecular flexibility index (Phi) is 17.1. The van der Waals surface area contributed by atoms with Crippen LogP contribution in [0.3, 0.4) is 0 Å². The summed E-state index contributed by atoms with van der Waals surface area (Å²) in [5.74, 6) is -0.772. The standard InChI is InChI=1S/C26H36ClNO5/c1-4-5-14-23(33-26(28)32)15-10-13-22(29)19-18-21(3)24(27)16-8-6-11-20(2)12-7-9-17-25(30)31/h5-9,11-12,14,16-17,21,23H,4,10,13,15,18-19H2,1-3H3,(H2,28,32)(H,30,31)/b8-6+,12-7+,14-5+,17-9+,20-11+,24-16-/t21-,23+/m0/s1. The molecule has 2 atom stereocenters. The predicted octanol–water partition coefficient (Wildman–Crippen LogP) is 6.39. The highest BCUT2D eigenvalue weighted by molar-refractivity contribution is 6.29. The van der Waals surface area contributed by atoms with Gasteiger partial charge in [-0.1, -0.05) is 73.6 Å². The van der Waals surface area contributed by atoms with E-state index in [-0.39, 0.29) is 11.7 Å². The van der Waals surface area contributed by atoms with E-state index in [1.54, 1.807) is 24.3 Å². The van der Waals surface area contributed by atoms with Crippen LogP contribution >= 0.6 is 11.6 Å². The average Bonchev–Trinajstić information content (AvgIpc) is 2.75. The van der Waals surface area contributed by atoms with Gasteiger partial charge in [0.25, 0.3) is 0 Å². The maximum Gasteiger partial charge on any atom is 0.405 e. The topological polar surface area (TPSA) is 107 Å². The minimum absolute atomic E-state index is 0.0600. The molecule has 0 aliphatic carbocycles. The van der Waals surface area contributed by atoms with E-state index in [9.17, 15) is 14.4 Å². The molecule has 0 rings (SSSR count). The molecular weight excluding hydrogens is 442 g/mol. The van der Waals surface area contributed by atoms with Crippen LogP contribution in [0.5, 0.6) is 0 Å². The van der Waals surface area contributed by atoms with Crippen molar-refractivity contribution in [1.82, 2.24) is 0 Å². The van der Waals surface area contributed by atoms with Gasteiger partial charge in [0.2, 0.25) is 0 Å². The lowest BCUT2D eigenvalue weighted by atomic mass is 9.99. The monoisotopic (exact) mass is 477 g/mol. The van der Waals surface area contributed by atoms with Crippen LogP contribution in [0.1, 0.15) is 59.3 Å². The number of halogens is 1. The second-order valence-electron chi connectivity index (χ2n) is 7.59. The number of ketones is 1. The number of carboxylic acid groups (broad SMARTS) is 1. The number of nitrogens with two attached hydrogens (primary N) is 1. The highest BCUT2D eigenvalue weighted by atomic mass is 35.5. The van der Waals surface area contributed by atoms with E-state index in [0.29, 0.717) is 37.1 Å². The van der Waals surface area contributed by atoms with Gasteiger partial charge in [-0.25, -0.2) is 9.59 Å². The fourth-order valence-corrected chi connectivity index (χ4v) is 2.87. The van der Waals surface area contributed by atoms with Gasteiger partial charge in [0.1, 0.15) is 11.9 Å². The Morgan fingerprint density at radius 1 is 1.03 bits per heavy atom. The van der Waals surface area contributed by atoms with Crippen LogP contribution in [0.25, 0.3) is 0 Å². The molecule has 0 unspecified atom stereocenters. The van der Waals surface area contributed by atoms with E-state index >= 15 is 0 Å². The fraction of sp³-hybridized carbons (Fsp3) is 0.423. The molecule has 0 radical (unpaired) electrons. The van der Waals surface area contributed by atoms with E-state index in [1.807, 2.05) is 45.1 Å². The number of carboxylic acids is 1. The first kappa shape index (κ1) is 30.1. The SMILES string of the molecule is CC/C=C/[C@H](CCCC(=O)CC[C@H](C)/C(Cl)=C/C=C/C=C(C)/C=C/C=C/C(=O)O)OC(N)=O. The predicted molar refractivity (Wildman–Crippen MR) is 134 cm³/mol. The summed E-state index contributed by atoms with van der Waals surface area (Å²) in [5.41, 5.74) is 6.04. The zero-order valence-corrected chi connectivity index (χ0v) is 20.5. The van der Waals surface area contributed by atoms with Gasteiger partial charge in [0.15, 0.2) is 0 Å². The summed E-state index contributed by atoms with van der Waals surface area (Å²) in [5, 5.41) is 9.19. The van der Waals surface area contributed by atoms with Gasteiger partial charge in [-0.3, -0.25) is 4.79 Å². The number of ether oxygens (including phenoxy) is 1. The van der Waals surface area contributed by atoms with Gasteiger partial charge in [-0.2, -0.15) is 0 Å². The Morgan fingerprint density at radius 3 is 2.33 bits per heavy atom. The molecule has 0 saturated carbocycles. The Hall–Kier alpha value is -2.86. The summed E-state index contributed by atoms with van der Waals surface area (Å²) in [4.78, 5) is 33.5. The molecule has 6 nitrogen and oxygen atoms in total. The van der Waals surface area contributed by atoms with E-state index in [1.165, 1.54) is 6.08 Å². The van der Waals surface area contributed by atoms with Gasteiger partial charge in [0.05, 0.1) is 0 Å². The van der Waals surface area contributed by atoms with E-state index in [0.717, 1.165) is 18.1 Å². The van der Waals surface area contributed by atoms with Crippen LogP contribution in [0.15, 0.2) is 71.4 Å². The van der Waals surface area contributed by atoms with Crippen LogP contribution in [0.2, 0.25) is 0 Å². The van der Waals surface area contributed by atoms with Crippen LogP contribution < -0.4 is 5.73 Å². The Morgan fingerprint density at radius 2 is 1.70 bits per heavy atom. The maximum absolute atomic E-state index is 12.2. The molecule has 182 valence electrons. The number of carbonyl (C=O) groups excluding carboxylic acids is 2. The Balaban J connectivity index is 4.41. The number of carbonyl (C=O) groups is 3. The molecule has 3 N–H and O–H groups in total. The maximum atomic E-state index is 12.2. The lowest BCUT2D eigenvalue weighted by Crippen LogP contribution is -2.21. The molecule has 0 heterocycles. The number of aliphatic carboxylic acids is 1. The van der Waals surface area contributed by atoms with Crippen molar-refractivity contribution in [3.63, 3.8) is 0 Å². The molecule has 0 aromatic carbocycles. The zero-order valence-electron chi connectivity index (χ0n) is 19.7. The van der Waals surface area contributed by atoms with Crippen LogP contribution in [-0.2, 0) is 14.3 Å². The molecule has 0 aromatic rings. The van der Waals surface area contributed by atoms with E-state index in [4.69, 9.17) is 27.2 Å². The lowest BCUT2D eigenvalue weighted by Gasteiger charge is -2.13. The molecule has 0 aromatic heterocycles. The molecule has 0 aliphatic rings. The summed E-state index contributed by atoms with van der Waals surface area (Å²) in [7, 11) is 0. The number of primary amides is 1. The lowest BCUT2D eigenvalue weighted by molar-refractivity contribution is -0.131. The molecular formula is C26H36ClNO5. The molecule has 0 saturated heterocycles. The third-order valence-corrected chi connectivity index (χ3v) is 5.06.